The molecule has 0 heterocycles. The number of hydrogen-bond donors (Lipinski definition) is 4. The number of nitrogens with one attached hydrogen (secondary N) is 2. The normalized spacial score (nSPS) is 9.96. The van der Waals surface area contributed by atoms with Crippen LogP contribution in [0.5, 0.6) is 5.75 Å². The van der Waals surface area contributed by atoms with Crippen molar-refractivity contribution in [3.8, 4) is 5.75 Å². The fourth-order valence-corrected chi connectivity index (χ4v) is 2.04. The summed E-state index contributed by atoms with van der Waals surface area (Å²) in [5.41, 5.74) is 1.65. The summed E-state index contributed by atoms with van der Waals surface area (Å²) in [6, 6.07) is 10.9. The molecule has 0 unspecified atom stereocenters. The fourth-order valence-electron chi connectivity index (χ4n) is 1.83. The zero-order chi connectivity index (χ0) is 17.0. The van der Waals surface area contributed by atoms with Gasteiger partial charge in [0.2, 0.25) is 0 Å². The monoisotopic (exact) mass is 330 g/mol. The van der Waals surface area contributed by atoms with Crippen LogP contribution in [0.1, 0.15) is 26.3 Å². The number of rotatable bonds is 3. The lowest BCUT2D eigenvalue weighted by Crippen LogP contribution is -2.34. The zero-order valence-corrected chi connectivity index (χ0v) is 13.0. The molecule has 6 nitrogen and oxygen atoms in total. The topological polar surface area (TPSA) is 98.7 Å². The molecule has 7 heteroatoms. The highest BCUT2D eigenvalue weighted by atomic mass is 32.1. The number of carboxylic acids is 1. The molecule has 2 aromatic carbocycles. The minimum Gasteiger partial charge on any atom is -0.507 e. The summed E-state index contributed by atoms with van der Waals surface area (Å²) >= 11 is 5.02. The van der Waals surface area contributed by atoms with Crippen LogP contribution in [0, 0.1) is 6.92 Å². The number of thiocarbonyl (C=S) groups is 1. The van der Waals surface area contributed by atoms with Gasteiger partial charge in [-0.3, -0.25) is 10.1 Å². The molecule has 0 fully saturated rings. The molecule has 0 aromatic heterocycles. The Kier molecular flexibility index (Phi) is 4.92. The van der Waals surface area contributed by atoms with Crippen molar-refractivity contribution in [1.82, 2.24) is 5.32 Å². The zero-order valence-electron chi connectivity index (χ0n) is 12.2. The van der Waals surface area contributed by atoms with E-state index < -0.39 is 11.7 Å². The highest BCUT2D eigenvalue weighted by molar-refractivity contribution is 7.80. The minimum absolute atomic E-state index is 0.0399. The fraction of sp³-hybridized carbons (Fsp3) is 0.0625. The Morgan fingerprint density at radius 2 is 1.74 bits per heavy atom. The summed E-state index contributed by atoms with van der Waals surface area (Å²) in [5.74, 6) is -1.99. The van der Waals surface area contributed by atoms with Crippen molar-refractivity contribution in [2.24, 2.45) is 0 Å². The second kappa shape index (κ2) is 6.89. The Morgan fingerprint density at radius 3 is 2.30 bits per heavy atom. The van der Waals surface area contributed by atoms with Crippen LogP contribution < -0.4 is 10.6 Å². The summed E-state index contributed by atoms with van der Waals surface area (Å²) in [4.78, 5) is 22.8. The van der Waals surface area contributed by atoms with Gasteiger partial charge in [0.1, 0.15) is 11.3 Å². The second-order valence-electron chi connectivity index (χ2n) is 4.81. The predicted octanol–water partition coefficient (Wildman–Crippen LogP) is 2.53. The number of hydrogen-bond acceptors (Lipinski definition) is 4. The van der Waals surface area contributed by atoms with Crippen molar-refractivity contribution in [2.75, 3.05) is 5.32 Å². The summed E-state index contributed by atoms with van der Waals surface area (Å²) in [5, 5.41) is 23.7. The number of aryl methyl sites for hydroxylation is 1. The maximum atomic E-state index is 12.0. The molecular formula is C16H14N2O4S. The van der Waals surface area contributed by atoms with Crippen molar-refractivity contribution >= 4 is 34.9 Å². The van der Waals surface area contributed by atoms with Crippen LogP contribution in [0.4, 0.5) is 5.69 Å². The Balaban J connectivity index is 2.02. The van der Waals surface area contributed by atoms with Crippen LogP contribution in [0.25, 0.3) is 0 Å². The van der Waals surface area contributed by atoms with Gasteiger partial charge in [0.25, 0.3) is 5.91 Å². The molecule has 0 aliphatic heterocycles. The first kappa shape index (κ1) is 16.4. The van der Waals surface area contributed by atoms with E-state index in [-0.39, 0.29) is 16.6 Å². The van der Waals surface area contributed by atoms with E-state index in [0.29, 0.717) is 11.3 Å². The second-order valence-corrected chi connectivity index (χ2v) is 5.22. The minimum atomic E-state index is -1.23. The Labute approximate surface area is 137 Å². The van der Waals surface area contributed by atoms with E-state index in [1.54, 1.807) is 12.1 Å². The third-order valence-corrected chi connectivity index (χ3v) is 3.23. The number of aromatic hydroxyl groups is 1. The van der Waals surface area contributed by atoms with Crippen LogP contribution in [0.15, 0.2) is 42.5 Å². The van der Waals surface area contributed by atoms with E-state index in [4.69, 9.17) is 17.3 Å². The molecule has 2 rings (SSSR count). The number of carbonyl (C=O) groups is 2. The summed E-state index contributed by atoms with van der Waals surface area (Å²) in [6.45, 7) is 1.92. The van der Waals surface area contributed by atoms with E-state index in [2.05, 4.69) is 10.6 Å². The number of amides is 1. The van der Waals surface area contributed by atoms with E-state index in [0.717, 1.165) is 5.56 Å². The molecule has 118 valence electrons. The number of carbonyl (C=O) groups excluding carboxylic acids is 1. The van der Waals surface area contributed by atoms with Crippen LogP contribution in [-0.4, -0.2) is 27.2 Å². The molecule has 2 aromatic rings. The molecule has 0 spiro atoms. The first-order chi connectivity index (χ1) is 10.9. The van der Waals surface area contributed by atoms with E-state index in [9.17, 15) is 14.7 Å². The van der Waals surface area contributed by atoms with Crippen LogP contribution >= 0.6 is 12.2 Å². The molecule has 0 atom stereocenters. The average Bonchev–Trinajstić information content (AvgIpc) is 2.47. The molecule has 0 aliphatic carbocycles. The van der Waals surface area contributed by atoms with Gasteiger partial charge in [-0.1, -0.05) is 17.7 Å². The average molecular weight is 330 g/mol. The SMILES string of the molecule is Cc1ccc(C(=O)NC(=S)Nc2ccc(C(=O)O)c(O)c2)cc1. The summed E-state index contributed by atoms with van der Waals surface area (Å²) in [6.07, 6.45) is 0. The standard InChI is InChI=1S/C16H14N2O4S/c1-9-2-4-10(5-3-9)14(20)18-16(23)17-11-6-7-12(15(21)22)13(19)8-11/h2-8,19H,1H3,(H,21,22)(H2,17,18,20,23). The lowest BCUT2D eigenvalue weighted by Gasteiger charge is -2.10. The van der Waals surface area contributed by atoms with E-state index in [1.807, 2.05) is 19.1 Å². The number of phenols is 1. The van der Waals surface area contributed by atoms with Gasteiger partial charge in [-0.25, -0.2) is 4.79 Å². The van der Waals surface area contributed by atoms with Crippen LogP contribution in [0.2, 0.25) is 0 Å². The number of aromatic carboxylic acids is 1. The number of anilines is 1. The third-order valence-electron chi connectivity index (χ3n) is 3.03. The smallest absolute Gasteiger partial charge is 0.339 e. The quantitative estimate of drug-likeness (QED) is 0.646. The van der Waals surface area contributed by atoms with Gasteiger partial charge < -0.3 is 15.5 Å². The maximum absolute atomic E-state index is 12.0. The van der Waals surface area contributed by atoms with Crippen molar-refractivity contribution in [1.29, 1.82) is 0 Å². The van der Waals surface area contributed by atoms with Crippen molar-refractivity contribution in [3.05, 3.63) is 59.2 Å². The van der Waals surface area contributed by atoms with Crippen LogP contribution in [-0.2, 0) is 0 Å². The summed E-state index contributed by atoms with van der Waals surface area (Å²) < 4.78 is 0. The van der Waals surface area contributed by atoms with Crippen molar-refractivity contribution in [2.45, 2.75) is 6.92 Å². The maximum Gasteiger partial charge on any atom is 0.339 e. The van der Waals surface area contributed by atoms with Gasteiger partial charge in [-0.15, -0.1) is 0 Å². The van der Waals surface area contributed by atoms with Gasteiger partial charge in [0.15, 0.2) is 5.11 Å². The molecule has 0 aliphatic rings. The molecule has 4 N–H and O–H groups in total. The Bertz CT molecular complexity index is 772. The van der Waals surface area contributed by atoms with Crippen molar-refractivity contribution < 1.29 is 19.8 Å². The molecule has 0 saturated carbocycles. The Morgan fingerprint density at radius 1 is 1.09 bits per heavy atom. The van der Waals surface area contributed by atoms with Crippen molar-refractivity contribution in [3.63, 3.8) is 0 Å². The van der Waals surface area contributed by atoms with Gasteiger partial charge in [-0.2, -0.15) is 0 Å². The van der Waals surface area contributed by atoms with Gasteiger partial charge in [0.05, 0.1) is 0 Å². The lowest BCUT2D eigenvalue weighted by atomic mass is 10.1. The predicted molar refractivity (Wildman–Crippen MR) is 89.9 cm³/mol. The lowest BCUT2D eigenvalue weighted by molar-refractivity contribution is 0.0693. The molecule has 0 bridgehead atoms. The Hall–Kier alpha value is -2.93. The van der Waals surface area contributed by atoms with Gasteiger partial charge >= 0.3 is 5.97 Å². The first-order valence-corrected chi connectivity index (χ1v) is 7.03. The van der Waals surface area contributed by atoms with Gasteiger partial charge in [-0.05, 0) is 43.4 Å². The highest BCUT2D eigenvalue weighted by Crippen LogP contribution is 2.21. The third kappa shape index (κ3) is 4.27. The largest absolute Gasteiger partial charge is 0.507 e. The van der Waals surface area contributed by atoms with E-state index in [1.165, 1.54) is 18.2 Å². The first-order valence-electron chi connectivity index (χ1n) is 6.62. The molecule has 1 amide bonds. The number of benzene rings is 2. The summed E-state index contributed by atoms with van der Waals surface area (Å²) in [7, 11) is 0. The van der Waals surface area contributed by atoms with Crippen LogP contribution in [0.3, 0.4) is 0 Å². The molecule has 0 saturated heterocycles. The number of carboxylic acid groups (broad SMARTS) is 1. The van der Waals surface area contributed by atoms with Gasteiger partial charge in [0, 0.05) is 17.3 Å². The molecule has 23 heavy (non-hydrogen) atoms. The van der Waals surface area contributed by atoms with E-state index >= 15 is 0 Å². The molecular weight excluding hydrogens is 316 g/mol. The highest BCUT2D eigenvalue weighted by Gasteiger charge is 2.11. The molecule has 0 radical (unpaired) electrons.